The maximum Gasteiger partial charge on any atom is 0.354 e. The predicted octanol–water partition coefficient (Wildman–Crippen LogP) is 1.84. The number of hydrogen-bond donors (Lipinski definition) is 3. The number of amides is 1. The quantitative estimate of drug-likeness (QED) is 0.289. The molecule has 0 aliphatic rings. The molecule has 0 radical (unpaired) electrons. The maximum absolute atomic E-state index is 12.1. The van der Waals surface area contributed by atoms with Crippen molar-refractivity contribution in [1.29, 1.82) is 0 Å². The molecule has 28 heavy (non-hydrogen) atoms. The first-order chi connectivity index (χ1) is 13.6. The van der Waals surface area contributed by atoms with E-state index in [1.54, 1.807) is 42.9 Å². The molecule has 2 heterocycles. The van der Waals surface area contributed by atoms with Crippen molar-refractivity contribution in [2.45, 2.75) is 13.0 Å². The summed E-state index contributed by atoms with van der Waals surface area (Å²) in [5, 5.41) is 14.4. The molecule has 3 rings (SSSR count). The lowest BCUT2D eigenvalue weighted by Gasteiger charge is -2.11. The minimum Gasteiger partial charge on any atom is -0.364 e. The van der Waals surface area contributed by atoms with Crippen LogP contribution in [0, 0.1) is 10.1 Å². The molecule has 0 aliphatic heterocycles. The van der Waals surface area contributed by atoms with E-state index in [2.05, 4.69) is 31.1 Å². The highest BCUT2D eigenvalue weighted by Crippen LogP contribution is 2.28. The molecule has 0 fully saturated rings. The van der Waals surface area contributed by atoms with Crippen molar-refractivity contribution in [2.24, 2.45) is 0 Å². The number of aromatic nitrogens is 4. The number of anilines is 2. The second-order valence-electron chi connectivity index (χ2n) is 5.70. The van der Waals surface area contributed by atoms with E-state index in [9.17, 15) is 14.9 Å². The van der Waals surface area contributed by atoms with Crippen LogP contribution in [0.25, 0.3) is 0 Å². The average Bonchev–Trinajstić information content (AvgIpc) is 3.23. The van der Waals surface area contributed by atoms with Crippen LogP contribution in [0.1, 0.15) is 16.8 Å². The zero-order chi connectivity index (χ0) is 19.8. The first-order valence-electron chi connectivity index (χ1n) is 8.45. The molecule has 3 N–H and O–H groups in total. The Morgan fingerprint density at radius 3 is 2.68 bits per heavy atom. The monoisotopic (exact) mass is 382 g/mol. The van der Waals surface area contributed by atoms with Gasteiger partial charge in [-0.25, -0.2) is 15.0 Å². The Kier molecular flexibility index (Phi) is 6.08. The molecular weight excluding hydrogens is 364 g/mol. The number of nitrogens with zero attached hydrogens (tertiary/aromatic N) is 5. The third-order valence-electron chi connectivity index (χ3n) is 3.78. The van der Waals surface area contributed by atoms with Crippen molar-refractivity contribution < 1.29 is 9.72 Å². The second-order valence-corrected chi connectivity index (χ2v) is 5.70. The minimum absolute atomic E-state index is 0.0714. The van der Waals surface area contributed by atoms with Gasteiger partial charge in [-0.3, -0.25) is 25.8 Å². The topological polar surface area (TPSA) is 140 Å². The maximum atomic E-state index is 12.1. The molecule has 0 aliphatic carbocycles. The summed E-state index contributed by atoms with van der Waals surface area (Å²) >= 11 is 0. The van der Waals surface area contributed by atoms with E-state index in [1.165, 1.54) is 6.33 Å². The van der Waals surface area contributed by atoms with Crippen molar-refractivity contribution in [2.75, 3.05) is 17.3 Å². The lowest BCUT2D eigenvalue weighted by Crippen LogP contribution is -2.30. The van der Waals surface area contributed by atoms with E-state index in [0.29, 0.717) is 25.1 Å². The molecule has 0 atom stereocenters. The number of aryl methyl sites for hydroxylation is 1. The summed E-state index contributed by atoms with van der Waals surface area (Å²) in [7, 11) is 0. The van der Waals surface area contributed by atoms with Gasteiger partial charge >= 0.3 is 5.69 Å². The lowest BCUT2D eigenvalue weighted by atomic mass is 10.2. The van der Waals surface area contributed by atoms with E-state index in [-0.39, 0.29) is 17.3 Å². The molecular formula is C17H18N8O3. The van der Waals surface area contributed by atoms with Gasteiger partial charge in [0.25, 0.3) is 5.91 Å². The summed E-state index contributed by atoms with van der Waals surface area (Å²) in [6.07, 6.45) is 7.12. The molecule has 11 nitrogen and oxygen atoms in total. The van der Waals surface area contributed by atoms with Gasteiger partial charge in [0.15, 0.2) is 0 Å². The number of nitro groups is 1. The number of imidazole rings is 1. The normalized spacial score (nSPS) is 10.3. The Balaban J connectivity index is 1.63. The highest BCUT2D eigenvalue weighted by Gasteiger charge is 2.23. The number of carbonyl (C=O) groups is 1. The van der Waals surface area contributed by atoms with Crippen molar-refractivity contribution >= 4 is 23.2 Å². The van der Waals surface area contributed by atoms with Crippen LogP contribution >= 0.6 is 0 Å². The van der Waals surface area contributed by atoms with Gasteiger partial charge in [0.2, 0.25) is 11.6 Å². The van der Waals surface area contributed by atoms with Crippen LogP contribution < -0.4 is 16.2 Å². The van der Waals surface area contributed by atoms with Crippen molar-refractivity contribution in [3.63, 3.8) is 0 Å². The van der Waals surface area contributed by atoms with Gasteiger partial charge in [-0.1, -0.05) is 18.2 Å². The number of benzene rings is 1. The summed E-state index contributed by atoms with van der Waals surface area (Å²) in [6, 6.07) is 8.46. The highest BCUT2D eigenvalue weighted by molar-refractivity contribution is 5.95. The summed E-state index contributed by atoms with van der Waals surface area (Å²) < 4.78 is 1.90. The third-order valence-corrected chi connectivity index (χ3v) is 3.78. The average molecular weight is 382 g/mol. The first-order valence-corrected chi connectivity index (χ1v) is 8.45. The van der Waals surface area contributed by atoms with Crippen molar-refractivity contribution in [3.05, 3.63) is 71.1 Å². The number of nitrogens with one attached hydrogen (secondary N) is 3. The van der Waals surface area contributed by atoms with Gasteiger partial charge in [-0.2, -0.15) is 0 Å². The van der Waals surface area contributed by atoms with E-state index >= 15 is 0 Å². The third kappa shape index (κ3) is 4.78. The zero-order valence-corrected chi connectivity index (χ0v) is 14.8. The molecule has 11 heteroatoms. The molecule has 0 unspecified atom stereocenters. The molecule has 3 aromatic rings. The van der Waals surface area contributed by atoms with E-state index in [1.807, 2.05) is 10.8 Å². The largest absolute Gasteiger partial charge is 0.364 e. The van der Waals surface area contributed by atoms with Crippen LogP contribution in [0.2, 0.25) is 0 Å². The van der Waals surface area contributed by atoms with Crippen LogP contribution in [0.5, 0.6) is 0 Å². The van der Waals surface area contributed by atoms with Gasteiger partial charge in [-0.05, 0) is 18.6 Å². The van der Waals surface area contributed by atoms with Crippen LogP contribution in [0.4, 0.5) is 17.3 Å². The predicted molar refractivity (Wildman–Crippen MR) is 102 cm³/mol. The van der Waals surface area contributed by atoms with Crippen molar-refractivity contribution in [1.82, 2.24) is 24.9 Å². The minimum atomic E-state index is -0.602. The Morgan fingerprint density at radius 1 is 1.18 bits per heavy atom. The fourth-order valence-electron chi connectivity index (χ4n) is 2.44. The van der Waals surface area contributed by atoms with Crippen LogP contribution in [0.15, 0.2) is 55.4 Å². The number of rotatable bonds is 9. The van der Waals surface area contributed by atoms with Gasteiger partial charge in [0, 0.05) is 31.0 Å². The van der Waals surface area contributed by atoms with Gasteiger partial charge in [0.1, 0.15) is 6.33 Å². The molecule has 1 amide bonds. The molecule has 0 saturated heterocycles. The van der Waals surface area contributed by atoms with Crippen LogP contribution in [-0.2, 0) is 6.54 Å². The molecule has 1 aromatic carbocycles. The Hall–Kier alpha value is -4.02. The highest BCUT2D eigenvalue weighted by atomic mass is 16.6. The lowest BCUT2D eigenvalue weighted by molar-refractivity contribution is -0.383. The Labute approximate surface area is 160 Å². The van der Waals surface area contributed by atoms with Crippen LogP contribution in [0.3, 0.4) is 0 Å². The summed E-state index contributed by atoms with van der Waals surface area (Å²) in [4.78, 5) is 34.8. The Morgan fingerprint density at radius 2 is 1.96 bits per heavy atom. The zero-order valence-electron chi connectivity index (χ0n) is 14.8. The fraction of sp³-hybridized carbons (Fsp3) is 0.176. The summed E-state index contributed by atoms with van der Waals surface area (Å²) in [5.74, 6) is -0.480. The molecule has 0 bridgehead atoms. The van der Waals surface area contributed by atoms with Gasteiger partial charge in [0.05, 0.1) is 11.3 Å². The van der Waals surface area contributed by atoms with E-state index in [0.717, 1.165) is 0 Å². The summed E-state index contributed by atoms with van der Waals surface area (Å²) in [6.45, 7) is 1.18. The number of hydrazine groups is 1. The second kappa shape index (κ2) is 9.07. The smallest absolute Gasteiger partial charge is 0.354 e. The van der Waals surface area contributed by atoms with Crippen molar-refractivity contribution in [3.8, 4) is 0 Å². The number of carbonyl (C=O) groups excluding carboxylic acids is 1. The van der Waals surface area contributed by atoms with E-state index in [4.69, 9.17) is 0 Å². The van der Waals surface area contributed by atoms with Gasteiger partial charge in [-0.15, -0.1) is 0 Å². The standard InChI is InChI=1S/C17H18N8O3/c26-17(13-5-2-1-3-6-13)23-22-16-14(25(27)28)15(20-11-21-16)19-7-4-9-24-10-8-18-12-24/h1-3,5-6,8,10-12H,4,7,9H2,(H,23,26)(H2,19,20,21,22). The van der Waals surface area contributed by atoms with E-state index < -0.39 is 10.8 Å². The summed E-state index contributed by atoms with van der Waals surface area (Å²) in [5.41, 5.74) is 4.96. The Bertz CT molecular complexity index is 931. The van der Waals surface area contributed by atoms with Gasteiger partial charge < -0.3 is 9.88 Å². The molecule has 144 valence electrons. The number of hydrogen-bond acceptors (Lipinski definition) is 8. The SMILES string of the molecule is O=C(NNc1ncnc(NCCCn2ccnc2)c1[N+](=O)[O-])c1ccccc1. The molecule has 2 aromatic heterocycles. The fourth-order valence-corrected chi connectivity index (χ4v) is 2.44. The first kappa shape index (κ1) is 18.8. The van der Waals surface area contributed by atoms with Crippen LogP contribution in [-0.4, -0.2) is 36.9 Å². The molecule has 0 spiro atoms. The molecule has 0 saturated carbocycles.